The SMILES string of the molecule is Fc1c(F)c(F)c(C2(c3c(F)c(F)c(F)c(F)c3F)Cc3ccccc3C2)c(F)c1F. The molecule has 0 saturated heterocycles. The number of fused-ring (bicyclic) bond motifs is 1. The van der Waals surface area contributed by atoms with Crippen molar-refractivity contribution in [2.24, 2.45) is 0 Å². The predicted octanol–water partition coefficient (Wildman–Crippen LogP) is 6.16. The maximum absolute atomic E-state index is 14.7. The number of rotatable bonds is 2. The van der Waals surface area contributed by atoms with Gasteiger partial charge in [-0.2, -0.15) is 0 Å². The van der Waals surface area contributed by atoms with E-state index in [0.29, 0.717) is 0 Å². The molecule has 162 valence electrons. The zero-order valence-electron chi connectivity index (χ0n) is 15.0. The molecular formula is C21H8F10. The molecule has 3 aromatic carbocycles. The van der Waals surface area contributed by atoms with Gasteiger partial charge in [0.1, 0.15) is 0 Å². The summed E-state index contributed by atoms with van der Waals surface area (Å²) in [7, 11) is 0. The Bertz CT molecular complexity index is 1090. The second kappa shape index (κ2) is 7.00. The highest BCUT2D eigenvalue weighted by Crippen LogP contribution is 2.50. The van der Waals surface area contributed by atoms with E-state index < -0.39 is 87.6 Å². The van der Waals surface area contributed by atoms with Crippen LogP contribution in [0.3, 0.4) is 0 Å². The number of benzene rings is 3. The second-order valence-electron chi connectivity index (χ2n) is 7.09. The topological polar surface area (TPSA) is 0 Å². The van der Waals surface area contributed by atoms with E-state index in [1.807, 2.05) is 0 Å². The fourth-order valence-electron chi connectivity index (χ4n) is 4.14. The molecule has 3 aromatic rings. The fourth-order valence-corrected chi connectivity index (χ4v) is 4.14. The molecule has 0 unspecified atom stereocenters. The molecule has 0 N–H and O–H groups in total. The van der Waals surface area contributed by atoms with Gasteiger partial charge in [0, 0.05) is 16.5 Å². The quantitative estimate of drug-likeness (QED) is 0.249. The van der Waals surface area contributed by atoms with E-state index in [2.05, 4.69) is 0 Å². The smallest absolute Gasteiger partial charge is 0.200 e. The third kappa shape index (κ3) is 2.76. The van der Waals surface area contributed by atoms with Gasteiger partial charge in [0.2, 0.25) is 11.6 Å². The fraction of sp³-hybridized carbons (Fsp3) is 0.143. The van der Waals surface area contributed by atoms with E-state index in [1.165, 1.54) is 24.3 Å². The van der Waals surface area contributed by atoms with Gasteiger partial charge in [0.05, 0.1) is 0 Å². The zero-order chi connectivity index (χ0) is 22.8. The van der Waals surface area contributed by atoms with Crippen molar-refractivity contribution in [3.05, 3.63) is 105 Å². The van der Waals surface area contributed by atoms with E-state index in [1.54, 1.807) is 0 Å². The molecule has 10 heteroatoms. The normalized spacial score (nSPS) is 14.8. The lowest BCUT2D eigenvalue weighted by Crippen LogP contribution is -2.36. The monoisotopic (exact) mass is 450 g/mol. The van der Waals surface area contributed by atoms with Gasteiger partial charge in [-0.1, -0.05) is 24.3 Å². The van der Waals surface area contributed by atoms with Crippen molar-refractivity contribution in [1.29, 1.82) is 0 Å². The first kappa shape index (κ1) is 21.2. The van der Waals surface area contributed by atoms with E-state index in [4.69, 9.17) is 0 Å². The summed E-state index contributed by atoms with van der Waals surface area (Å²) < 4.78 is 142. The molecule has 1 aliphatic rings. The summed E-state index contributed by atoms with van der Waals surface area (Å²) in [6.07, 6.45) is -1.56. The average molecular weight is 450 g/mol. The highest BCUT2D eigenvalue weighted by molar-refractivity contribution is 5.52. The average Bonchev–Trinajstić information content (AvgIpc) is 3.13. The van der Waals surface area contributed by atoms with Crippen molar-refractivity contribution in [2.45, 2.75) is 18.3 Å². The Labute approximate surface area is 167 Å². The summed E-state index contributed by atoms with van der Waals surface area (Å²) in [6, 6.07) is 5.53. The van der Waals surface area contributed by atoms with Gasteiger partial charge in [-0.25, -0.2) is 43.9 Å². The van der Waals surface area contributed by atoms with Crippen LogP contribution < -0.4 is 0 Å². The van der Waals surface area contributed by atoms with Crippen LogP contribution in [-0.2, 0) is 18.3 Å². The van der Waals surface area contributed by atoms with Crippen molar-refractivity contribution in [3.63, 3.8) is 0 Å². The maximum Gasteiger partial charge on any atom is 0.200 e. The van der Waals surface area contributed by atoms with Gasteiger partial charge in [-0.05, 0) is 24.0 Å². The van der Waals surface area contributed by atoms with Gasteiger partial charge in [0.15, 0.2) is 46.5 Å². The van der Waals surface area contributed by atoms with Crippen LogP contribution in [0.5, 0.6) is 0 Å². The number of halogens is 10. The Hall–Kier alpha value is -3.04. The van der Waals surface area contributed by atoms with E-state index in [9.17, 15) is 43.9 Å². The van der Waals surface area contributed by atoms with Gasteiger partial charge in [0.25, 0.3) is 0 Å². The standard InChI is InChI=1S/C21H8F10/c22-11-9(12(23)16(27)19(30)15(11)26)21(5-7-3-1-2-4-8(7)6-21)10-13(24)17(28)20(31)18(29)14(10)25/h1-4H,5-6H2. The lowest BCUT2D eigenvalue weighted by atomic mass is 9.70. The van der Waals surface area contributed by atoms with E-state index >= 15 is 0 Å². The molecule has 0 nitrogen and oxygen atoms in total. The summed E-state index contributed by atoms with van der Waals surface area (Å²) in [5.74, 6) is -24.4. The number of hydrogen-bond donors (Lipinski definition) is 0. The highest BCUT2D eigenvalue weighted by atomic mass is 19.2. The molecule has 0 spiro atoms. The first-order chi connectivity index (χ1) is 14.5. The molecule has 31 heavy (non-hydrogen) atoms. The highest BCUT2D eigenvalue weighted by Gasteiger charge is 2.51. The molecule has 0 heterocycles. The summed E-state index contributed by atoms with van der Waals surface area (Å²) in [6.45, 7) is 0. The Balaban J connectivity index is 2.18. The summed E-state index contributed by atoms with van der Waals surface area (Å²) in [4.78, 5) is 0. The molecule has 0 bridgehead atoms. The van der Waals surface area contributed by atoms with Crippen LogP contribution in [0.4, 0.5) is 43.9 Å². The van der Waals surface area contributed by atoms with Gasteiger partial charge < -0.3 is 0 Å². The Morgan fingerprint density at radius 2 is 0.677 bits per heavy atom. The second-order valence-corrected chi connectivity index (χ2v) is 7.09. The molecular weight excluding hydrogens is 442 g/mol. The molecule has 0 aliphatic heterocycles. The third-order valence-corrected chi connectivity index (χ3v) is 5.48. The molecule has 1 aliphatic carbocycles. The summed E-state index contributed by atoms with van der Waals surface area (Å²) in [5.41, 5.74) is -5.80. The Morgan fingerprint density at radius 3 is 0.968 bits per heavy atom. The van der Waals surface area contributed by atoms with Crippen molar-refractivity contribution < 1.29 is 43.9 Å². The van der Waals surface area contributed by atoms with Crippen LogP contribution >= 0.6 is 0 Å². The van der Waals surface area contributed by atoms with Crippen molar-refractivity contribution in [2.75, 3.05) is 0 Å². The van der Waals surface area contributed by atoms with Crippen molar-refractivity contribution >= 4 is 0 Å². The minimum atomic E-state index is -2.79. The van der Waals surface area contributed by atoms with E-state index in [-0.39, 0.29) is 11.1 Å². The van der Waals surface area contributed by atoms with Crippen LogP contribution in [-0.4, -0.2) is 0 Å². The van der Waals surface area contributed by atoms with Crippen molar-refractivity contribution in [3.8, 4) is 0 Å². The Kier molecular flexibility index (Phi) is 4.79. The van der Waals surface area contributed by atoms with Gasteiger partial charge in [-0.15, -0.1) is 0 Å². The van der Waals surface area contributed by atoms with E-state index in [0.717, 1.165) is 0 Å². The van der Waals surface area contributed by atoms with Crippen LogP contribution in [0, 0.1) is 58.2 Å². The molecule has 0 fully saturated rings. The van der Waals surface area contributed by atoms with Crippen LogP contribution in [0.2, 0.25) is 0 Å². The Morgan fingerprint density at radius 1 is 0.419 bits per heavy atom. The predicted molar refractivity (Wildman–Crippen MR) is 87.1 cm³/mol. The minimum absolute atomic E-state index is 0.176. The minimum Gasteiger partial charge on any atom is -0.203 e. The first-order valence-electron chi connectivity index (χ1n) is 8.63. The molecule has 0 amide bonds. The summed E-state index contributed by atoms with van der Waals surface area (Å²) in [5, 5.41) is 0. The van der Waals surface area contributed by atoms with Crippen molar-refractivity contribution in [1.82, 2.24) is 0 Å². The van der Waals surface area contributed by atoms with Crippen LogP contribution in [0.15, 0.2) is 24.3 Å². The molecule has 0 radical (unpaired) electrons. The number of hydrogen-bond acceptors (Lipinski definition) is 0. The largest absolute Gasteiger partial charge is 0.203 e. The molecule has 0 aromatic heterocycles. The zero-order valence-corrected chi connectivity index (χ0v) is 15.0. The first-order valence-corrected chi connectivity index (χ1v) is 8.63. The third-order valence-electron chi connectivity index (χ3n) is 5.48. The molecule has 4 rings (SSSR count). The molecule has 0 saturated carbocycles. The van der Waals surface area contributed by atoms with Gasteiger partial charge >= 0.3 is 0 Å². The van der Waals surface area contributed by atoms with Crippen LogP contribution in [0.25, 0.3) is 0 Å². The lowest BCUT2D eigenvalue weighted by molar-refractivity contribution is 0.325. The summed E-state index contributed by atoms with van der Waals surface area (Å²) >= 11 is 0. The maximum atomic E-state index is 14.7. The lowest BCUT2D eigenvalue weighted by Gasteiger charge is -2.32. The van der Waals surface area contributed by atoms with Gasteiger partial charge in [-0.3, -0.25) is 0 Å². The van der Waals surface area contributed by atoms with Crippen LogP contribution in [0.1, 0.15) is 22.3 Å². The molecule has 0 atom stereocenters.